The van der Waals surface area contributed by atoms with Crippen LogP contribution >= 0.6 is 0 Å². The largest absolute Gasteiger partial charge is 0.493 e. The van der Waals surface area contributed by atoms with Crippen LogP contribution in [-0.2, 0) is 0 Å². The molecule has 0 saturated heterocycles. The predicted molar refractivity (Wildman–Crippen MR) is 60.7 cm³/mol. The molecular formula is C13H19O. The topological polar surface area (TPSA) is 9.23 Å². The second-order valence-electron chi connectivity index (χ2n) is 3.85. The van der Waals surface area contributed by atoms with Gasteiger partial charge >= 0.3 is 0 Å². The summed E-state index contributed by atoms with van der Waals surface area (Å²) in [6.45, 7) is 9.26. The molecule has 0 N–H and O–H groups in total. The molecule has 0 unspecified atom stereocenters. The number of hydrogen-bond donors (Lipinski definition) is 0. The number of benzene rings is 1. The minimum atomic E-state index is 0.795. The number of aryl methyl sites for hydroxylation is 1. The van der Waals surface area contributed by atoms with E-state index < -0.39 is 0 Å². The molecule has 1 rings (SSSR count). The molecule has 0 aliphatic heterocycles. The molecule has 1 heteroatoms. The third kappa shape index (κ3) is 2.76. The lowest BCUT2D eigenvalue weighted by Crippen LogP contribution is -2.00. The lowest BCUT2D eigenvalue weighted by Gasteiger charge is -2.13. The van der Waals surface area contributed by atoms with E-state index in [0.717, 1.165) is 18.8 Å². The van der Waals surface area contributed by atoms with Crippen LogP contribution in [0, 0.1) is 12.8 Å². The van der Waals surface area contributed by atoms with E-state index in [1.54, 1.807) is 0 Å². The van der Waals surface area contributed by atoms with Crippen LogP contribution in [0.25, 0.3) is 0 Å². The Morgan fingerprint density at radius 1 is 1.29 bits per heavy atom. The highest BCUT2D eigenvalue weighted by Gasteiger charge is 2.07. The third-order valence-electron chi connectivity index (χ3n) is 2.14. The van der Waals surface area contributed by atoms with Crippen molar-refractivity contribution in [2.24, 2.45) is 0 Å². The summed E-state index contributed by atoms with van der Waals surface area (Å²) in [7, 11) is 0. The van der Waals surface area contributed by atoms with E-state index in [9.17, 15) is 0 Å². The molecule has 0 amide bonds. The monoisotopic (exact) mass is 191 g/mol. The standard InChI is InChI=1S/C13H19O/c1-5-8-14-13-7-6-11(4)9-12(13)10(2)3/h6-7,9H,5,8H2,1-4H3. The van der Waals surface area contributed by atoms with E-state index in [1.807, 2.05) is 0 Å². The summed E-state index contributed by atoms with van der Waals surface area (Å²) >= 11 is 0. The fraction of sp³-hybridized carbons (Fsp3) is 0.462. The highest BCUT2D eigenvalue weighted by Crippen LogP contribution is 2.26. The minimum Gasteiger partial charge on any atom is -0.493 e. The van der Waals surface area contributed by atoms with E-state index in [2.05, 4.69) is 45.9 Å². The molecule has 1 aromatic rings. The van der Waals surface area contributed by atoms with Gasteiger partial charge in [0.15, 0.2) is 0 Å². The first-order chi connectivity index (χ1) is 6.65. The molecule has 0 fully saturated rings. The Balaban J connectivity index is 2.90. The third-order valence-corrected chi connectivity index (χ3v) is 2.14. The van der Waals surface area contributed by atoms with Gasteiger partial charge in [0.05, 0.1) is 6.61 Å². The first-order valence-electron chi connectivity index (χ1n) is 5.19. The summed E-state index contributed by atoms with van der Waals surface area (Å²) in [4.78, 5) is 0. The van der Waals surface area contributed by atoms with Crippen LogP contribution < -0.4 is 4.74 Å². The van der Waals surface area contributed by atoms with Crippen LogP contribution in [0.1, 0.15) is 38.3 Å². The van der Waals surface area contributed by atoms with Gasteiger partial charge in [-0.3, -0.25) is 0 Å². The van der Waals surface area contributed by atoms with Gasteiger partial charge in [-0.25, -0.2) is 0 Å². The smallest absolute Gasteiger partial charge is 0.123 e. The first kappa shape index (κ1) is 11.1. The van der Waals surface area contributed by atoms with Gasteiger partial charge in [0.25, 0.3) is 0 Å². The van der Waals surface area contributed by atoms with Gasteiger partial charge in [-0.05, 0) is 19.4 Å². The molecule has 0 spiro atoms. The maximum Gasteiger partial charge on any atom is 0.123 e. The molecular weight excluding hydrogens is 172 g/mol. The van der Waals surface area contributed by atoms with Crippen LogP contribution in [0.3, 0.4) is 0 Å². The Kier molecular flexibility index (Phi) is 3.99. The van der Waals surface area contributed by atoms with Crippen LogP contribution in [0.4, 0.5) is 0 Å². The average molecular weight is 191 g/mol. The summed E-state index contributed by atoms with van der Waals surface area (Å²) < 4.78 is 5.68. The maximum absolute atomic E-state index is 5.68. The van der Waals surface area contributed by atoms with Gasteiger partial charge in [-0.15, -0.1) is 0 Å². The Hall–Kier alpha value is -0.980. The first-order valence-corrected chi connectivity index (χ1v) is 5.19. The van der Waals surface area contributed by atoms with Crippen molar-refractivity contribution >= 4 is 0 Å². The molecule has 0 aromatic heterocycles. The Morgan fingerprint density at radius 2 is 2.00 bits per heavy atom. The van der Waals surface area contributed by atoms with E-state index in [4.69, 9.17) is 4.74 Å². The van der Waals surface area contributed by atoms with Crippen molar-refractivity contribution in [3.63, 3.8) is 0 Å². The number of hydrogen-bond acceptors (Lipinski definition) is 1. The number of rotatable bonds is 4. The fourth-order valence-corrected chi connectivity index (χ4v) is 1.37. The zero-order valence-corrected chi connectivity index (χ0v) is 9.55. The van der Waals surface area contributed by atoms with Crippen molar-refractivity contribution in [3.05, 3.63) is 35.2 Å². The molecule has 14 heavy (non-hydrogen) atoms. The second-order valence-corrected chi connectivity index (χ2v) is 3.85. The van der Waals surface area contributed by atoms with Gasteiger partial charge in [0.2, 0.25) is 0 Å². The highest BCUT2D eigenvalue weighted by atomic mass is 16.5. The Bertz CT molecular complexity index is 289. The van der Waals surface area contributed by atoms with Crippen LogP contribution in [0.5, 0.6) is 5.75 Å². The lowest BCUT2D eigenvalue weighted by atomic mass is 10.00. The molecule has 1 nitrogen and oxygen atoms in total. The van der Waals surface area contributed by atoms with Crippen molar-refractivity contribution in [2.75, 3.05) is 6.61 Å². The van der Waals surface area contributed by atoms with Crippen LogP contribution in [0.2, 0.25) is 0 Å². The van der Waals surface area contributed by atoms with E-state index >= 15 is 0 Å². The van der Waals surface area contributed by atoms with Gasteiger partial charge < -0.3 is 4.74 Å². The van der Waals surface area contributed by atoms with Gasteiger partial charge in [-0.1, -0.05) is 38.5 Å². The molecule has 77 valence electrons. The van der Waals surface area contributed by atoms with Crippen molar-refractivity contribution in [3.8, 4) is 5.75 Å². The SMILES string of the molecule is CCCOc1ccc(C)cc1[C](C)C. The zero-order valence-electron chi connectivity index (χ0n) is 9.55. The predicted octanol–water partition coefficient (Wildman–Crippen LogP) is 3.75. The van der Waals surface area contributed by atoms with E-state index in [0.29, 0.717) is 0 Å². The minimum absolute atomic E-state index is 0.795. The highest BCUT2D eigenvalue weighted by molar-refractivity contribution is 5.44. The second kappa shape index (κ2) is 5.04. The summed E-state index contributed by atoms with van der Waals surface area (Å²) in [6.07, 6.45) is 1.05. The summed E-state index contributed by atoms with van der Waals surface area (Å²) in [5, 5.41) is 0. The van der Waals surface area contributed by atoms with Crippen molar-refractivity contribution in [1.82, 2.24) is 0 Å². The molecule has 1 aromatic carbocycles. The normalized spacial score (nSPS) is 10.6. The molecule has 0 heterocycles. The van der Waals surface area contributed by atoms with Crippen LogP contribution in [-0.4, -0.2) is 6.61 Å². The zero-order chi connectivity index (χ0) is 10.6. The summed E-state index contributed by atoms with van der Waals surface area (Å²) in [6, 6.07) is 6.34. The summed E-state index contributed by atoms with van der Waals surface area (Å²) in [5.74, 6) is 2.32. The van der Waals surface area contributed by atoms with Gasteiger partial charge in [-0.2, -0.15) is 0 Å². The molecule has 0 saturated carbocycles. The van der Waals surface area contributed by atoms with Gasteiger partial charge in [0.1, 0.15) is 5.75 Å². The molecule has 0 atom stereocenters. The van der Waals surface area contributed by atoms with Crippen LogP contribution in [0.15, 0.2) is 18.2 Å². The fourth-order valence-electron chi connectivity index (χ4n) is 1.37. The molecule has 1 radical (unpaired) electrons. The Labute approximate surface area is 87.1 Å². The summed E-state index contributed by atoms with van der Waals surface area (Å²) in [5.41, 5.74) is 2.52. The molecule has 0 bridgehead atoms. The number of ether oxygens (including phenoxy) is 1. The van der Waals surface area contributed by atoms with Crippen molar-refractivity contribution in [2.45, 2.75) is 34.1 Å². The molecule has 0 aliphatic carbocycles. The van der Waals surface area contributed by atoms with Crippen molar-refractivity contribution in [1.29, 1.82) is 0 Å². The lowest BCUT2D eigenvalue weighted by molar-refractivity contribution is 0.315. The van der Waals surface area contributed by atoms with E-state index in [-0.39, 0.29) is 0 Å². The van der Waals surface area contributed by atoms with E-state index in [1.165, 1.54) is 17.0 Å². The maximum atomic E-state index is 5.68. The quantitative estimate of drug-likeness (QED) is 0.704. The van der Waals surface area contributed by atoms with Gasteiger partial charge in [0, 0.05) is 11.5 Å². The van der Waals surface area contributed by atoms with Crippen molar-refractivity contribution < 1.29 is 4.74 Å². The molecule has 0 aliphatic rings. The average Bonchev–Trinajstić information content (AvgIpc) is 2.15. The Morgan fingerprint density at radius 3 is 2.57 bits per heavy atom.